The van der Waals surface area contributed by atoms with Gasteiger partial charge in [0.15, 0.2) is 11.5 Å². The number of benzene rings is 4. The van der Waals surface area contributed by atoms with E-state index in [9.17, 15) is 19.5 Å². The zero-order chi connectivity index (χ0) is 33.8. The Morgan fingerprint density at radius 2 is 1.67 bits per heavy atom. The summed E-state index contributed by atoms with van der Waals surface area (Å²) in [7, 11) is 1.67. The maximum Gasteiger partial charge on any atom is 0.323 e. The minimum Gasteiger partial charge on any atom is -0.488 e. The topological polar surface area (TPSA) is 142 Å². The van der Waals surface area contributed by atoms with E-state index in [1.54, 1.807) is 55.3 Å². The van der Waals surface area contributed by atoms with Crippen molar-refractivity contribution in [3.8, 4) is 17.2 Å². The first-order chi connectivity index (χ1) is 23.2. The van der Waals surface area contributed by atoms with Crippen molar-refractivity contribution in [2.24, 2.45) is 5.92 Å². The van der Waals surface area contributed by atoms with Crippen molar-refractivity contribution >= 4 is 45.8 Å². The molecule has 0 fully saturated rings. The van der Waals surface area contributed by atoms with Crippen LogP contribution in [0.3, 0.4) is 0 Å². The number of ether oxygens (including phenoxy) is 3. The van der Waals surface area contributed by atoms with Crippen molar-refractivity contribution in [3.63, 3.8) is 0 Å². The van der Waals surface area contributed by atoms with Crippen LogP contribution in [0.4, 0.5) is 26.7 Å². The molecule has 2 aliphatic rings. The van der Waals surface area contributed by atoms with Crippen LogP contribution in [0.25, 0.3) is 10.8 Å². The van der Waals surface area contributed by atoms with Gasteiger partial charge in [0.05, 0.1) is 31.3 Å². The summed E-state index contributed by atoms with van der Waals surface area (Å²) in [5, 5.41) is 20.6. The van der Waals surface area contributed by atoms with Crippen LogP contribution in [0.1, 0.15) is 19.4 Å². The van der Waals surface area contributed by atoms with Crippen LogP contribution in [0.2, 0.25) is 0 Å². The van der Waals surface area contributed by atoms with E-state index in [1.807, 2.05) is 49.4 Å². The number of aliphatic hydroxyl groups is 1. The maximum absolute atomic E-state index is 13.6. The monoisotopic (exact) mass is 653 g/mol. The van der Waals surface area contributed by atoms with Gasteiger partial charge in [0.1, 0.15) is 11.9 Å². The van der Waals surface area contributed by atoms with E-state index in [2.05, 4.69) is 16.0 Å². The standard InChI is InChI=1S/C36H39N5O7/c1-22-18-41(23(2)20-42)34(43)16-25-15-26(37-35(44)39-29-10-6-8-24-7-4-5-9-28(24)29)11-13-30(25)48-33(22)19-40(3)36(45)38-27-12-14-31-32(17-27)47-21-46-31/h4-15,17,22-23,33,42H,16,18-21H2,1-3H3,(H,38,45)(H2,37,39,44)/t22-,23-,33+/m1/s1. The van der Waals surface area contributed by atoms with Gasteiger partial charge in [-0.25, -0.2) is 9.59 Å². The largest absolute Gasteiger partial charge is 0.488 e. The average molecular weight is 654 g/mol. The van der Waals surface area contributed by atoms with Crippen molar-refractivity contribution < 1.29 is 33.7 Å². The first-order valence-corrected chi connectivity index (χ1v) is 15.9. The molecule has 0 aliphatic carbocycles. The Bertz CT molecular complexity index is 1830. The average Bonchev–Trinajstić information content (AvgIpc) is 3.56. The van der Waals surface area contributed by atoms with E-state index in [-0.39, 0.29) is 44.2 Å². The SMILES string of the molecule is C[C@@H]1CN([C@H](C)CO)C(=O)Cc2cc(NC(=O)Nc3cccc4ccccc34)ccc2O[C@H]1CN(C)C(=O)Nc1ccc2c(c1)OCO2. The first kappa shape index (κ1) is 32.5. The van der Waals surface area contributed by atoms with Crippen LogP contribution in [0.15, 0.2) is 78.9 Å². The summed E-state index contributed by atoms with van der Waals surface area (Å²) in [6.45, 7) is 4.20. The molecule has 6 rings (SSSR count). The minimum absolute atomic E-state index is 0.0000145. The van der Waals surface area contributed by atoms with E-state index in [0.717, 1.165) is 10.8 Å². The van der Waals surface area contributed by atoms with Gasteiger partial charge in [-0.15, -0.1) is 0 Å². The molecule has 0 saturated heterocycles. The van der Waals surface area contributed by atoms with Gasteiger partial charge in [0, 0.05) is 47.9 Å². The number of anilines is 3. The lowest BCUT2D eigenvalue weighted by atomic mass is 10.0. The van der Waals surface area contributed by atoms with Gasteiger partial charge in [-0.2, -0.15) is 0 Å². The van der Waals surface area contributed by atoms with E-state index >= 15 is 0 Å². The van der Waals surface area contributed by atoms with Gasteiger partial charge >= 0.3 is 12.1 Å². The summed E-state index contributed by atoms with van der Waals surface area (Å²) >= 11 is 0. The quantitative estimate of drug-likeness (QED) is 0.206. The Morgan fingerprint density at radius 1 is 0.938 bits per heavy atom. The zero-order valence-corrected chi connectivity index (χ0v) is 27.1. The van der Waals surface area contributed by atoms with E-state index < -0.39 is 18.2 Å². The van der Waals surface area contributed by atoms with E-state index in [1.165, 1.54) is 4.90 Å². The first-order valence-electron chi connectivity index (χ1n) is 15.9. The molecule has 3 atom stereocenters. The van der Waals surface area contributed by atoms with Crippen LogP contribution in [0, 0.1) is 5.92 Å². The number of fused-ring (bicyclic) bond motifs is 3. The van der Waals surface area contributed by atoms with Crippen LogP contribution in [-0.4, -0.2) is 78.6 Å². The fourth-order valence-corrected chi connectivity index (χ4v) is 5.89. The molecule has 0 aromatic heterocycles. The Kier molecular flexibility index (Phi) is 9.53. The molecule has 4 N–H and O–H groups in total. The van der Waals surface area contributed by atoms with Crippen molar-refractivity contribution in [1.82, 2.24) is 9.80 Å². The van der Waals surface area contributed by atoms with E-state index in [0.29, 0.717) is 46.4 Å². The zero-order valence-electron chi connectivity index (χ0n) is 27.1. The molecule has 250 valence electrons. The molecule has 12 nitrogen and oxygen atoms in total. The highest BCUT2D eigenvalue weighted by atomic mass is 16.7. The molecule has 5 amide bonds. The minimum atomic E-state index is -0.510. The lowest BCUT2D eigenvalue weighted by molar-refractivity contribution is -0.134. The summed E-state index contributed by atoms with van der Waals surface area (Å²) in [6, 6.07) is 22.6. The Balaban J connectivity index is 1.20. The predicted molar refractivity (Wildman–Crippen MR) is 183 cm³/mol. The number of rotatable bonds is 7. The van der Waals surface area contributed by atoms with Crippen molar-refractivity contribution in [2.45, 2.75) is 32.4 Å². The maximum atomic E-state index is 13.6. The fraction of sp³-hybridized carbons (Fsp3) is 0.306. The number of amides is 5. The van der Waals surface area contributed by atoms with Crippen LogP contribution in [0.5, 0.6) is 17.2 Å². The van der Waals surface area contributed by atoms with Gasteiger partial charge < -0.3 is 45.1 Å². The highest BCUT2D eigenvalue weighted by Gasteiger charge is 2.32. The number of nitrogens with one attached hydrogen (secondary N) is 3. The van der Waals surface area contributed by atoms with Crippen molar-refractivity contribution in [2.75, 3.05) is 49.5 Å². The molecule has 0 bridgehead atoms. The summed E-state index contributed by atoms with van der Waals surface area (Å²) in [6.07, 6.45) is -0.510. The number of likely N-dealkylation sites (N-methyl/N-ethyl adjacent to an activating group) is 1. The summed E-state index contributed by atoms with van der Waals surface area (Å²) in [5.41, 5.74) is 2.28. The van der Waals surface area contributed by atoms with Crippen LogP contribution >= 0.6 is 0 Å². The fourth-order valence-electron chi connectivity index (χ4n) is 5.89. The number of carbonyl (C=O) groups is 3. The molecular formula is C36H39N5O7. The third kappa shape index (κ3) is 7.23. The molecule has 0 spiro atoms. The number of nitrogens with zero attached hydrogens (tertiary/aromatic N) is 2. The predicted octanol–water partition coefficient (Wildman–Crippen LogP) is 5.53. The number of urea groups is 2. The lowest BCUT2D eigenvalue weighted by Gasteiger charge is -2.34. The highest BCUT2D eigenvalue weighted by molar-refractivity contribution is 6.06. The van der Waals surface area contributed by atoms with Crippen molar-refractivity contribution in [1.29, 1.82) is 0 Å². The molecule has 0 saturated carbocycles. The second-order valence-corrected chi connectivity index (χ2v) is 12.2. The second kappa shape index (κ2) is 14.1. The summed E-state index contributed by atoms with van der Waals surface area (Å²) in [4.78, 5) is 43.1. The molecule has 4 aromatic carbocycles. The Labute approximate surface area is 278 Å². The van der Waals surface area contributed by atoms with Gasteiger partial charge in [-0.3, -0.25) is 4.79 Å². The third-order valence-corrected chi connectivity index (χ3v) is 8.64. The summed E-state index contributed by atoms with van der Waals surface area (Å²) < 4.78 is 17.3. The second-order valence-electron chi connectivity index (χ2n) is 12.2. The smallest absolute Gasteiger partial charge is 0.323 e. The number of hydrogen-bond acceptors (Lipinski definition) is 7. The molecule has 2 heterocycles. The Morgan fingerprint density at radius 3 is 2.48 bits per heavy atom. The number of aliphatic hydroxyl groups excluding tert-OH is 1. The molecular weight excluding hydrogens is 614 g/mol. The molecule has 0 unspecified atom stereocenters. The normalized spacial score (nSPS) is 17.7. The lowest BCUT2D eigenvalue weighted by Crippen LogP contribution is -2.48. The van der Waals surface area contributed by atoms with Crippen LogP contribution in [-0.2, 0) is 11.2 Å². The molecule has 48 heavy (non-hydrogen) atoms. The number of hydrogen-bond donors (Lipinski definition) is 4. The number of carbonyl (C=O) groups excluding carboxylic acids is 3. The third-order valence-electron chi connectivity index (χ3n) is 8.64. The van der Waals surface area contributed by atoms with Gasteiger partial charge in [-0.05, 0) is 48.7 Å². The van der Waals surface area contributed by atoms with Gasteiger partial charge in [-0.1, -0.05) is 43.3 Å². The molecule has 2 aliphatic heterocycles. The molecule has 12 heteroatoms. The van der Waals surface area contributed by atoms with Crippen molar-refractivity contribution in [3.05, 3.63) is 84.4 Å². The van der Waals surface area contributed by atoms with E-state index in [4.69, 9.17) is 14.2 Å². The molecule has 0 radical (unpaired) electrons. The highest BCUT2D eigenvalue weighted by Crippen LogP contribution is 2.34. The van der Waals surface area contributed by atoms with Gasteiger partial charge in [0.25, 0.3) is 0 Å². The van der Waals surface area contributed by atoms with Gasteiger partial charge in [0.2, 0.25) is 12.7 Å². The molecule has 4 aromatic rings. The summed E-state index contributed by atoms with van der Waals surface area (Å²) in [5.74, 6) is 1.26. The van der Waals surface area contributed by atoms with Crippen LogP contribution < -0.4 is 30.2 Å². The Hall–Kier alpha value is -5.49.